The quantitative estimate of drug-likeness (QED) is 0.321. The molecule has 2 aromatic rings. The summed E-state index contributed by atoms with van der Waals surface area (Å²) in [5, 5.41) is 0. The molecule has 0 saturated heterocycles. The Hall–Kier alpha value is -0.508. The van der Waals surface area contributed by atoms with Gasteiger partial charge in [-0.25, -0.2) is 0 Å². The molecule has 2 atom stereocenters. The van der Waals surface area contributed by atoms with Crippen molar-refractivity contribution in [3.05, 3.63) is 69.8 Å². The number of benzene rings is 2. The van der Waals surface area contributed by atoms with Crippen molar-refractivity contribution < 1.29 is 31.1 Å². The molecule has 0 radical (unpaired) electrons. The first-order chi connectivity index (χ1) is 12.0. The van der Waals surface area contributed by atoms with Crippen molar-refractivity contribution in [1.29, 1.82) is 0 Å². The van der Waals surface area contributed by atoms with Crippen LogP contribution in [0.25, 0.3) is 0 Å². The van der Waals surface area contributed by atoms with E-state index in [9.17, 15) is 0 Å². The van der Waals surface area contributed by atoms with E-state index in [0.29, 0.717) is 23.7 Å². The van der Waals surface area contributed by atoms with Gasteiger partial charge in [0.25, 0.3) is 0 Å². The SMILES string of the molecule is Cc1[c-]c(C)cc(C(C)C(C)C)c1.Cc1[c-]c(C)cc(C(C)C(C)C)c1.[U+2]. The average molecular weight is 589 g/mol. The van der Waals surface area contributed by atoms with Gasteiger partial charge in [0, 0.05) is 0 Å². The van der Waals surface area contributed by atoms with E-state index in [1.54, 1.807) is 0 Å². The molecule has 2 unspecified atom stereocenters. The van der Waals surface area contributed by atoms with E-state index in [4.69, 9.17) is 0 Å². The Morgan fingerprint density at radius 1 is 0.519 bits per heavy atom. The van der Waals surface area contributed by atoms with Gasteiger partial charge in [-0.2, -0.15) is 69.8 Å². The van der Waals surface area contributed by atoms with Crippen molar-refractivity contribution in [1.82, 2.24) is 0 Å². The summed E-state index contributed by atoms with van der Waals surface area (Å²) in [4.78, 5) is 0. The first-order valence-corrected chi connectivity index (χ1v) is 10.0. The molecule has 0 fully saturated rings. The fraction of sp³-hybridized carbons (Fsp3) is 0.538. The third-order valence-electron chi connectivity index (χ3n) is 5.37. The standard InChI is InChI=1S/2C13H19.U/c2*1-9(2)12(5)13-7-10(3)6-11(4)8-13;/h2*7-9,12H,1-5H3;/q2*-1;+2. The molecule has 0 spiro atoms. The summed E-state index contributed by atoms with van der Waals surface area (Å²) < 4.78 is 0. The van der Waals surface area contributed by atoms with Crippen LogP contribution in [0.1, 0.15) is 86.8 Å². The van der Waals surface area contributed by atoms with Crippen LogP contribution < -0.4 is 0 Å². The fourth-order valence-electron chi connectivity index (χ4n) is 3.15. The van der Waals surface area contributed by atoms with Crippen molar-refractivity contribution in [2.45, 2.75) is 81.1 Å². The molecule has 0 heterocycles. The predicted octanol–water partition coefficient (Wildman–Crippen LogP) is 7.73. The van der Waals surface area contributed by atoms with E-state index < -0.39 is 0 Å². The fourth-order valence-corrected chi connectivity index (χ4v) is 3.15. The first-order valence-electron chi connectivity index (χ1n) is 10.0. The molecule has 0 aromatic heterocycles. The second-order valence-corrected chi connectivity index (χ2v) is 8.62. The Labute approximate surface area is 192 Å². The predicted molar refractivity (Wildman–Crippen MR) is 116 cm³/mol. The summed E-state index contributed by atoms with van der Waals surface area (Å²) >= 11 is 0. The van der Waals surface area contributed by atoms with Gasteiger partial charge in [0.05, 0.1) is 0 Å². The van der Waals surface area contributed by atoms with Gasteiger partial charge in [-0.15, -0.1) is 0 Å². The van der Waals surface area contributed by atoms with Crippen LogP contribution in [0, 0.1) is 82.8 Å². The number of hydrogen-bond donors (Lipinski definition) is 0. The maximum absolute atomic E-state index is 3.30. The molecule has 0 N–H and O–H groups in total. The van der Waals surface area contributed by atoms with Gasteiger partial charge in [-0.3, -0.25) is 0 Å². The molecule has 2 aromatic carbocycles. The van der Waals surface area contributed by atoms with Gasteiger partial charge < -0.3 is 0 Å². The van der Waals surface area contributed by atoms with Crippen LogP contribution in [0.2, 0.25) is 0 Å². The molecule has 27 heavy (non-hydrogen) atoms. The zero-order valence-electron chi connectivity index (χ0n) is 19.1. The van der Waals surface area contributed by atoms with Crippen molar-refractivity contribution in [3.63, 3.8) is 0 Å². The third-order valence-corrected chi connectivity index (χ3v) is 5.37. The molecule has 0 nitrogen and oxygen atoms in total. The van der Waals surface area contributed by atoms with Gasteiger partial charge in [-0.1, -0.05) is 69.2 Å². The average Bonchev–Trinajstić information content (AvgIpc) is 2.51. The molecule has 146 valence electrons. The Morgan fingerprint density at radius 3 is 0.926 bits per heavy atom. The van der Waals surface area contributed by atoms with E-state index in [2.05, 4.69) is 106 Å². The minimum atomic E-state index is 0. The van der Waals surface area contributed by atoms with Crippen molar-refractivity contribution in [2.75, 3.05) is 0 Å². The molecule has 0 bridgehead atoms. The van der Waals surface area contributed by atoms with Gasteiger partial charge >= 0.3 is 31.1 Å². The van der Waals surface area contributed by atoms with Gasteiger partial charge in [0.2, 0.25) is 0 Å². The third kappa shape index (κ3) is 9.02. The minimum absolute atomic E-state index is 0. The normalized spacial score (nSPS) is 12.9. The Kier molecular flexibility index (Phi) is 11.9. The Balaban J connectivity index is 0.000000483. The maximum atomic E-state index is 3.30. The van der Waals surface area contributed by atoms with Crippen LogP contribution in [-0.2, 0) is 0 Å². The Bertz CT molecular complexity index is 595. The van der Waals surface area contributed by atoms with E-state index in [-0.39, 0.29) is 31.1 Å². The zero-order chi connectivity index (χ0) is 20.0. The first kappa shape index (κ1) is 26.5. The molecule has 2 rings (SSSR count). The molecule has 0 amide bonds. The van der Waals surface area contributed by atoms with Crippen molar-refractivity contribution in [3.8, 4) is 0 Å². The van der Waals surface area contributed by atoms with Gasteiger partial charge in [0.1, 0.15) is 0 Å². The van der Waals surface area contributed by atoms with Crippen LogP contribution >= 0.6 is 0 Å². The summed E-state index contributed by atoms with van der Waals surface area (Å²) in [6, 6.07) is 15.6. The molecule has 0 aliphatic heterocycles. The van der Waals surface area contributed by atoms with Crippen LogP contribution in [0.15, 0.2) is 24.3 Å². The van der Waals surface area contributed by atoms with E-state index in [0.717, 1.165) is 0 Å². The second-order valence-electron chi connectivity index (χ2n) is 8.62. The van der Waals surface area contributed by atoms with Gasteiger partial charge in [0.15, 0.2) is 0 Å². The Morgan fingerprint density at radius 2 is 0.741 bits per heavy atom. The van der Waals surface area contributed by atoms with E-state index in [1.807, 2.05) is 0 Å². The number of aryl methyl sites for hydroxylation is 4. The molecular weight excluding hydrogens is 550 g/mol. The largest absolute Gasteiger partial charge is 2.00 e. The van der Waals surface area contributed by atoms with Gasteiger partial charge in [-0.05, 0) is 23.7 Å². The van der Waals surface area contributed by atoms with Crippen molar-refractivity contribution >= 4 is 0 Å². The van der Waals surface area contributed by atoms with E-state index >= 15 is 0 Å². The summed E-state index contributed by atoms with van der Waals surface area (Å²) in [7, 11) is 0. The minimum Gasteiger partial charge on any atom is -0.177 e. The summed E-state index contributed by atoms with van der Waals surface area (Å²) in [6.07, 6.45) is 0. The molecular formula is C26H38U. The summed E-state index contributed by atoms with van der Waals surface area (Å²) in [6.45, 7) is 22.1. The zero-order valence-corrected chi connectivity index (χ0v) is 23.3. The van der Waals surface area contributed by atoms with Crippen LogP contribution in [0.3, 0.4) is 0 Å². The molecule has 0 saturated carbocycles. The molecule has 0 aliphatic carbocycles. The summed E-state index contributed by atoms with van der Waals surface area (Å²) in [5.41, 5.74) is 7.91. The van der Waals surface area contributed by atoms with Crippen LogP contribution in [-0.4, -0.2) is 0 Å². The van der Waals surface area contributed by atoms with E-state index in [1.165, 1.54) is 33.4 Å². The van der Waals surface area contributed by atoms with Crippen molar-refractivity contribution in [2.24, 2.45) is 11.8 Å². The van der Waals surface area contributed by atoms with Crippen LogP contribution in [0.4, 0.5) is 0 Å². The maximum Gasteiger partial charge on any atom is 2.00 e. The number of rotatable bonds is 4. The van der Waals surface area contributed by atoms with Crippen LogP contribution in [0.5, 0.6) is 0 Å². The molecule has 0 aliphatic rings. The smallest absolute Gasteiger partial charge is 0.177 e. The summed E-state index contributed by atoms with van der Waals surface area (Å²) in [5.74, 6) is 2.71. The second kappa shape index (κ2) is 12.1. The topological polar surface area (TPSA) is 0 Å². The monoisotopic (exact) mass is 588 g/mol. The molecule has 1 heteroatoms. The number of hydrogen-bond acceptors (Lipinski definition) is 0.